The Balaban J connectivity index is 2.36. The Kier molecular flexibility index (Phi) is 3.98. The van der Waals surface area contributed by atoms with E-state index >= 15 is 0 Å². The van der Waals surface area contributed by atoms with Crippen LogP contribution in [0.3, 0.4) is 0 Å². The molecule has 0 fully saturated rings. The Morgan fingerprint density at radius 1 is 0.947 bits per heavy atom. The van der Waals surface area contributed by atoms with Crippen molar-refractivity contribution in [1.29, 1.82) is 10.5 Å². The van der Waals surface area contributed by atoms with E-state index in [0.717, 1.165) is 16.7 Å². The quantitative estimate of drug-likeness (QED) is 0.753. The van der Waals surface area contributed by atoms with Crippen molar-refractivity contribution in [3.05, 3.63) is 64.7 Å². The number of allylic oxidation sites excluding steroid dienone is 1. The average Bonchev–Trinajstić information content (AvgIpc) is 2.46. The van der Waals surface area contributed by atoms with E-state index in [9.17, 15) is 0 Å². The van der Waals surface area contributed by atoms with Gasteiger partial charge in [-0.15, -0.1) is 0 Å². The van der Waals surface area contributed by atoms with Gasteiger partial charge in [0.2, 0.25) is 0 Å². The molecule has 2 aromatic rings. The van der Waals surface area contributed by atoms with Gasteiger partial charge in [-0.25, -0.2) is 0 Å². The highest BCUT2D eigenvalue weighted by Crippen LogP contribution is 2.27. The molecule has 0 saturated carbocycles. The van der Waals surface area contributed by atoms with Crippen molar-refractivity contribution < 1.29 is 0 Å². The van der Waals surface area contributed by atoms with Crippen LogP contribution in [0, 0.1) is 22.7 Å². The summed E-state index contributed by atoms with van der Waals surface area (Å²) < 4.78 is 0. The summed E-state index contributed by atoms with van der Waals surface area (Å²) in [6, 6.07) is 18.8. The van der Waals surface area contributed by atoms with E-state index in [-0.39, 0.29) is 5.57 Å². The third kappa shape index (κ3) is 3.01. The first-order chi connectivity index (χ1) is 9.24. The summed E-state index contributed by atoms with van der Waals surface area (Å²) in [5.41, 5.74) is 2.86. The lowest BCUT2D eigenvalue weighted by Gasteiger charge is -2.04. The van der Waals surface area contributed by atoms with Crippen molar-refractivity contribution in [2.75, 3.05) is 0 Å². The van der Waals surface area contributed by atoms with Gasteiger partial charge in [0.05, 0.1) is 0 Å². The largest absolute Gasteiger partial charge is 0.192 e. The molecular formula is C16H9ClN2. The van der Waals surface area contributed by atoms with Crippen molar-refractivity contribution >= 4 is 17.7 Å². The number of rotatable bonds is 2. The Bertz CT molecular complexity index is 685. The van der Waals surface area contributed by atoms with Crippen molar-refractivity contribution in [2.45, 2.75) is 0 Å². The Hall–Kier alpha value is -2.55. The van der Waals surface area contributed by atoms with Gasteiger partial charge >= 0.3 is 0 Å². The third-order valence-electron chi connectivity index (χ3n) is 2.65. The first-order valence-corrected chi connectivity index (χ1v) is 5.99. The second-order valence-corrected chi connectivity index (χ2v) is 4.29. The molecule has 0 aliphatic carbocycles. The first-order valence-electron chi connectivity index (χ1n) is 5.61. The minimum atomic E-state index is 0.0884. The van der Waals surface area contributed by atoms with E-state index in [2.05, 4.69) is 0 Å². The van der Waals surface area contributed by atoms with Crippen LogP contribution in [0.2, 0.25) is 5.02 Å². The van der Waals surface area contributed by atoms with Crippen molar-refractivity contribution in [3.63, 3.8) is 0 Å². The number of hydrogen-bond acceptors (Lipinski definition) is 2. The molecule has 0 atom stereocenters. The molecule has 0 bridgehead atoms. The monoisotopic (exact) mass is 264 g/mol. The van der Waals surface area contributed by atoms with Crippen LogP contribution in [0.15, 0.2) is 54.1 Å². The van der Waals surface area contributed by atoms with Gasteiger partial charge < -0.3 is 0 Å². The lowest BCUT2D eigenvalue weighted by atomic mass is 10.0. The van der Waals surface area contributed by atoms with Gasteiger partial charge in [0.1, 0.15) is 17.7 Å². The summed E-state index contributed by atoms with van der Waals surface area (Å²) in [6.45, 7) is 0. The molecule has 0 radical (unpaired) electrons. The summed E-state index contributed by atoms with van der Waals surface area (Å²) in [7, 11) is 0. The molecular weight excluding hydrogens is 256 g/mol. The van der Waals surface area contributed by atoms with Gasteiger partial charge in [-0.2, -0.15) is 10.5 Å². The second kappa shape index (κ2) is 5.87. The highest BCUT2D eigenvalue weighted by Gasteiger charge is 2.02. The number of nitriles is 2. The minimum Gasteiger partial charge on any atom is -0.192 e. The van der Waals surface area contributed by atoms with E-state index in [4.69, 9.17) is 22.1 Å². The molecule has 0 aliphatic heterocycles. The predicted octanol–water partition coefficient (Wildman–Crippen LogP) is 4.44. The van der Waals surface area contributed by atoms with Gasteiger partial charge in [0.15, 0.2) is 0 Å². The number of benzene rings is 2. The van der Waals surface area contributed by atoms with E-state index in [1.54, 1.807) is 6.08 Å². The zero-order valence-electron chi connectivity index (χ0n) is 9.97. The molecule has 90 valence electrons. The van der Waals surface area contributed by atoms with Crippen LogP contribution in [0.5, 0.6) is 0 Å². The molecule has 2 aromatic carbocycles. The molecule has 0 spiro atoms. The van der Waals surface area contributed by atoms with Gasteiger partial charge in [0.25, 0.3) is 0 Å². The zero-order chi connectivity index (χ0) is 13.7. The zero-order valence-corrected chi connectivity index (χ0v) is 10.7. The van der Waals surface area contributed by atoms with Crippen LogP contribution in [-0.4, -0.2) is 0 Å². The molecule has 0 unspecified atom stereocenters. The van der Waals surface area contributed by atoms with Crippen LogP contribution in [0.25, 0.3) is 17.2 Å². The van der Waals surface area contributed by atoms with Crippen LogP contribution in [0.1, 0.15) is 5.56 Å². The summed E-state index contributed by atoms with van der Waals surface area (Å²) >= 11 is 6.13. The fourth-order valence-electron chi connectivity index (χ4n) is 1.71. The van der Waals surface area contributed by atoms with E-state index in [1.165, 1.54) is 0 Å². The maximum absolute atomic E-state index is 8.70. The third-order valence-corrected chi connectivity index (χ3v) is 2.98. The van der Waals surface area contributed by atoms with Crippen LogP contribution in [-0.2, 0) is 0 Å². The first kappa shape index (κ1) is 12.9. The molecule has 19 heavy (non-hydrogen) atoms. The molecule has 0 heterocycles. The molecule has 0 aromatic heterocycles. The van der Waals surface area contributed by atoms with Crippen LogP contribution >= 0.6 is 11.6 Å². The van der Waals surface area contributed by atoms with E-state index < -0.39 is 0 Å². The number of halogens is 1. The molecule has 2 nitrogen and oxygen atoms in total. The number of hydrogen-bond donors (Lipinski definition) is 0. The molecule has 0 amide bonds. The highest BCUT2D eigenvalue weighted by atomic mass is 35.5. The lowest BCUT2D eigenvalue weighted by molar-refractivity contribution is 1.47. The summed E-state index contributed by atoms with van der Waals surface area (Å²) in [4.78, 5) is 0. The van der Waals surface area contributed by atoms with Crippen molar-refractivity contribution in [1.82, 2.24) is 0 Å². The fourth-order valence-corrected chi connectivity index (χ4v) is 1.96. The standard InChI is InChI=1S/C16H9ClN2/c17-16-4-2-1-3-15(16)14-7-5-12(6-8-14)9-13(10-18)11-19/h1-9H. The minimum absolute atomic E-state index is 0.0884. The second-order valence-electron chi connectivity index (χ2n) is 3.88. The maximum Gasteiger partial charge on any atom is 0.130 e. The van der Waals surface area contributed by atoms with Gasteiger partial charge in [-0.1, -0.05) is 54.1 Å². The molecule has 0 aliphatic rings. The van der Waals surface area contributed by atoms with E-state index in [1.807, 2.05) is 60.7 Å². The van der Waals surface area contributed by atoms with Gasteiger partial charge in [-0.3, -0.25) is 0 Å². The van der Waals surface area contributed by atoms with Gasteiger partial charge in [-0.05, 0) is 23.3 Å². The summed E-state index contributed by atoms with van der Waals surface area (Å²) in [6.07, 6.45) is 1.55. The SMILES string of the molecule is N#CC(C#N)=Cc1ccc(-c2ccccc2Cl)cc1. The maximum atomic E-state index is 8.70. The normalized spacial score (nSPS) is 9.21. The summed E-state index contributed by atoms with van der Waals surface area (Å²) in [5.74, 6) is 0. The van der Waals surface area contributed by atoms with Gasteiger partial charge in [0, 0.05) is 10.6 Å². The average molecular weight is 265 g/mol. The highest BCUT2D eigenvalue weighted by molar-refractivity contribution is 6.33. The van der Waals surface area contributed by atoms with Crippen LogP contribution in [0.4, 0.5) is 0 Å². The van der Waals surface area contributed by atoms with Crippen molar-refractivity contribution in [2.24, 2.45) is 0 Å². The molecule has 0 N–H and O–H groups in total. The molecule has 0 saturated heterocycles. The summed E-state index contributed by atoms with van der Waals surface area (Å²) in [5, 5.41) is 18.1. The fraction of sp³-hybridized carbons (Fsp3) is 0. The molecule has 2 rings (SSSR count). The molecule has 3 heteroatoms. The topological polar surface area (TPSA) is 47.6 Å². The van der Waals surface area contributed by atoms with Crippen molar-refractivity contribution in [3.8, 4) is 23.3 Å². The Morgan fingerprint density at radius 3 is 2.16 bits per heavy atom. The Morgan fingerprint density at radius 2 is 1.58 bits per heavy atom. The lowest BCUT2D eigenvalue weighted by Crippen LogP contribution is -1.81. The predicted molar refractivity (Wildman–Crippen MR) is 76.1 cm³/mol. The van der Waals surface area contributed by atoms with Crippen LogP contribution < -0.4 is 0 Å². The van der Waals surface area contributed by atoms with E-state index in [0.29, 0.717) is 5.02 Å². The number of nitrogens with zero attached hydrogens (tertiary/aromatic N) is 2. The Labute approximate surface area is 116 Å². The smallest absolute Gasteiger partial charge is 0.130 e.